The zero-order valence-electron chi connectivity index (χ0n) is 12.5. The van der Waals surface area contributed by atoms with Crippen LogP contribution in [0, 0.1) is 5.92 Å². The predicted octanol–water partition coefficient (Wildman–Crippen LogP) is 1.17. The maximum absolute atomic E-state index is 12.7. The molecule has 1 aromatic rings. The lowest BCUT2D eigenvalue weighted by molar-refractivity contribution is -0.137. The highest BCUT2D eigenvalue weighted by Gasteiger charge is 2.26. The van der Waals surface area contributed by atoms with E-state index in [-0.39, 0.29) is 11.8 Å². The Morgan fingerprint density at radius 3 is 2.70 bits per heavy atom. The quantitative estimate of drug-likeness (QED) is 0.849. The number of carbonyl (C=O) groups is 1. The maximum Gasteiger partial charge on any atom is 0.226 e. The summed E-state index contributed by atoms with van der Waals surface area (Å²) < 4.78 is 5.39. The van der Waals surface area contributed by atoms with Gasteiger partial charge in [-0.3, -0.25) is 4.79 Å². The van der Waals surface area contributed by atoms with Gasteiger partial charge in [-0.15, -0.1) is 0 Å². The van der Waals surface area contributed by atoms with Crippen LogP contribution in [0.1, 0.15) is 18.6 Å². The highest BCUT2D eigenvalue weighted by molar-refractivity contribution is 5.79. The number of hydrogen-bond donors (Lipinski definition) is 1. The fourth-order valence-corrected chi connectivity index (χ4v) is 2.51. The van der Waals surface area contributed by atoms with E-state index in [2.05, 4.69) is 10.2 Å². The van der Waals surface area contributed by atoms with Gasteiger partial charge in [0.1, 0.15) is 5.76 Å². The Kier molecular flexibility index (Phi) is 5.61. The van der Waals surface area contributed by atoms with Crippen LogP contribution in [0.25, 0.3) is 0 Å². The van der Waals surface area contributed by atoms with Crippen LogP contribution < -0.4 is 5.32 Å². The molecular weight excluding hydrogens is 254 g/mol. The number of hydrogen-bond acceptors (Lipinski definition) is 4. The van der Waals surface area contributed by atoms with Gasteiger partial charge in [0, 0.05) is 19.0 Å². The van der Waals surface area contributed by atoms with E-state index in [1.807, 2.05) is 31.1 Å². The van der Waals surface area contributed by atoms with Crippen LogP contribution in [-0.4, -0.2) is 56.0 Å². The van der Waals surface area contributed by atoms with Crippen molar-refractivity contribution >= 4 is 5.91 Å². The summed E-state index contributed by atoms with van der Waals surface area (Å²) in [7, 11) is 4.06. The molecular formula is C15H25N3O2. The first-order valence-corrected chi connectivity index (χ1v) is 7.33. The average Bonchev–Trinajstić information content (AvgIpc) is 2.96. The zero-order chi connectivity index (χ0) is 14.4. The summed E-state index contributed by atoms with van der Waals surface area (Å²) in [4.78, 5) is 16.7. The molecule has 0 radical (unpaired) electrons. The van der Waals surface area contributed by atoms with Gasteiger partial charge in [-0.2, -0.15) is 0 Å². The van der Waals surface area contributed by atoms with E-state index in [4.69, 9.17) is 4.42 Å². The molecule has 1 amide bonds. The minimum absolute atomic E-state index is 0.161. The monoisotopic (exact) mass is 279 g/mol. The Morgan fingerprint density at radius 1 is 1.35 bits per heavy atom. The van der Waals surface area contributed by atoms with Gasteiger partial charge in [-0.1, -0.05) is 0 Å². The van der Waals surface area contributed by atoms with Crippen molar-refractivity contribution in [3.8, 4) is 0 Å². The minimum atomic E-state index is 0.161. The molecule has 0 atom stereocenters. The third-order valence-electron chi connectivity index (χ3n) is 3.74. The molecule has 112 valence electrons. The summed E-state index contributed by atoms with van der Waals surface area (Å²) in [6.07, 6.45) is 3.54. The van der Waals surface area contributed by atoms with Crippen LogP contribution in [0.4, 0.5) is 0 Å². The van der Waals surface area contributed by atoms with E-state index in [1.165, 1.54) is 0 Å². The van der Waals surface area contributed by atoms with Crippen LogP contribution in [-0.2, 0) is 11.3 Å². The summed E-state index contributed by atoms with van der Waals surface area (Å²) >= 11 is 0. The molecule has 0 bridgehead atoms. The molecule has 5 heteroatoms. The van der Waals surface area contributed by atoms with E-state index < -0.39 is 0 Å². The molecule has 1 saturated heterocycles. The van der Waals surface area contributed by atoms with Crippen LogP contribution in [0.15, 0.2) is 22.8 Å². The summed E-state index contributed by atoms with van der Waals surface area (Å²) in [5.74, 6) is 1.28. The van der Waals surface area contributed by atoms with Crippen molar-refractivity contribution in [1.82, 2.24) is 15.1 Å². The van der Waals surface area contributed by atoms with Crippen molar-refractivity contribution in [3.05, 3.63) is 24.2 Å². The van der Waals surface area contributed by atoms with Gasteiger partial charge in [0.15, 0.2) is 0 Å². The number of amides is 1. The lowest BCUT2D eigenvalue weighted by Crippen LogP contribution is -2.43. The zero-order valence-corrected chi connectivity index (χ0v) is 12.5. The Bertz CT molecular complexity index is 397. The Balaban J connectivity index is 1.98. The van der Waals surface area contributed by atoms with Gasteiger partial charge < -0.3 is 19.5 Å². The molecule has 1 fully saturated rings. The van der Waals surface area contributed by atoms with E-state index in [1.54, 1.807) is 6.26 Å². The van der Waals surface area contributed by atoms with Gasteiger partial charge >= 0.3 is 0 Å². The highest BCUT2D eigenvalue weighted by atomic mass is 16.3. The summed E-state index contributed by atoms with van der Waals surface area (Å²) in [5.41, 5.74) is 0. The molecule has 1 aliphatic rings. The third-order valence-corrected chi connectivity index (χ3v) is 3.74. The minimum Gasteiger partial charge on any atom is -0.467 e. The average molecular weight is 279 g/mol. The molecule has 0 spiro atoms. The van der Waals surface area contributed by atoms with Gasteiger partial charge in [0.25, 0.3) is 0 Å². The third kappa shape index (κ3) is 4.35. The largest absolute Gasteiger partial charge is 0.467 e. The number of likely N-dealkylation sites (N-methyl/N-ethyl adjacent to an activating group) is 1. The van der Waals surface area contributed by atoms with E-state index >= 15 is 0 Å². The molecule has 0 aromatic carbocycles. The van der Waals surface area contributed by atoms with Gasteiger partial charge in [-0.05, 0) is 52.2 Å². The number of nitrogens with one attached hydrogen (secondary N) is 1. The molecule has 0 unspecified atom stereocenters. The smallest absolute Gasteiger partial charge is 0.226 e. The van der Waals surface area contributed by atoms with Crippen molar-refractivity contribution in [2.24, 2.45) is 5.92 Å². The van der Waals surface area contributed by atoms with Crippen molar-refractivity contribution in [2.75, 3.05) is 40.3 Å². The number of carbonyl (C=O) groups excluding carboxylic acids is 1. The molecule has 2 rings (SSSR count). The topological polar surface area (TPSA) is 48.7 Å². The van der Waals surface area contributed by atoms with E-state index in [0.717, 1.165) is 44.8 Å². The van der Waals surface area contributed by atoms with Crippen LogP contribution in [0.2, 0.25) is 0 Å². The predicted molar refractivity (Wildman–Crippen MR) is 78.3 cm³/mol. The summed E-state index contributed by atoms with van der Waals surface area (Å²) in [6.45, 7) is 4.08. The van der Waals surface area contributed by atoms with Crippen molar-refractivity contribution in [1.29, 1.82) is 0 Å². The number of nitrogens with zero attached hydrogens (tertiary/aromatic N) is 2. The van der Waals surface area contributed by atoms with Crippen molar-refractivity contribution in [2.45, 2.75) is 19.4 Å². The second-order valence-corrected chi connectivity index (χ2v) is 5.67. The van der Waals surface area contributed by atoms with E-state index in [9.17, 15) is 4.79 Å². The van der Waals surface area contributed by atoms with Crippen LogP contribution in [0.3, 0.4) is 0 Å². The first-order chi connectivity index (χ1) is 9.66. The summed E-state index contributed by atoms with van der Waals surface area (Å²) in [5, 5.41) is 3.31. The molecule has 1 N–H and O–H groups in total. The molecule has 5 nitrogen and oxygen atoms in total. The number of rotatable bonds is 6. The second-order valence-electron chi connectivity index (χ2n) is 5.67. The fraction of sp³-hybridized carbons (Fsp3) is 0.667. The molecule has 0 aliphatic carbocycles. The molecule has 1 aliphatic heterocycles. The van der Waals surface area contributed by atoms with Gasteiger partial charge in [0.05, 0.1) is 12.8 Å². The van der Waals surface area contributed by atoms with Crippen molar-refractivity contribution in [3.63, 3.8) is 0 Å². The standard InChI is InChI=1S/C15H25N3O2/c1-17(2)9-10-18(12-14-4-3-11-20-14)15(19)13-5-7-16-8-6-13/h3-4,11,13,16H,5-10,12H2,1-2H3. The normalized spacial score (nSPS) is 16.6. The molecule has 0 saturated carbocycles. The lowest BCUT2D eigenvalue weighted by Gasteiger charge is -2.30. The highest BCUT2D eigenvalue weighted by Crippen LogP contribution is 2.17. The van der Waals surface area contributed by atoms with Crippen LogP contribution in [0.5, 0.6) is 0 Å². The lowest BCUT2D eigenvalue weighted by atomic mass is 9.96. The fourth-order valence-electron chi connectivity index (χ4n) is 2.51. The number of furan rings is 1. The van der Waals surface area contributed by atoms with Crippen molar-refractivity contribution < 1.29 is 9.21 Å². The van der Waals surface area contributed by atoms with Crippen LogP contribution >= 0.6 is 0 Å². The Hall–Kier alpha value is -1.33. The second kappa shape index (κ2) is 7.45. The number of piperidine rings is 1. The first-order valence-electron chi connectivity index (χ1n) is 7.33. The maximum atomic E-state index is 12.7. The first kappa shape index (κ1) is 15.1. The summed E-state index contributed by atoms with van der Waals surface area (Å²) in [6, 6.07) is 3.80. The molecule has 1 aromatic heterocycles. The van der Waals surface area contributed by atoms with Gasteiger partial charge in [-0.25, -0.2) is 0 Å². The van der Waals surface area contributed by atoms with Gasteiger partial charge in [0.2, 0.25) is 5.91 Å². The Morgan fingerprint density at radius 2 is 2.10 bits per heavy atom. The SMILES string of the molecule is CN(C)CCN(Cc1ccco1)C(=O)C1CCNCC1. The Labute approximate surface area is 120 Å². The molecule has 20 heavy (non-hydrogen) atoms. The van der Waals surface area contributed by atoms with E-state index in [0.29, 0.717) is 6.54 Å². The molecule has 2 heterocycles.